The number of hydroxylamine groups is 1. The number of aromatic nitrogens is 1. The summed E-state index contributed by atoms with van der Waals surface area (Å²) in [6.45, 7) is 0.604. The Morgan fingerprint density at radius 3 is 2.59 bits per heavy atom. The van der Waals surface area contributed by atoms with Crippen LogP contribution in [0, 0.1) is 0 Å². The summed E-state index contributed by atoms with van der Waals surface area (Å²) in [5.74, 6) is -0.914. The lowest BCUT2D eigenvalue weighted by atomic mass is 9.95. The molecule has 0 spiro atoms. The smallest absolute Gasteiger partial charge is 0.266 e. The maximum atomic E-state index is 12.8. The fourth-order valence-electron chi connectivity index (χ4n) is 3.66. The highest BCUT2D eigenvalue weighted by Crippen LogP contribution is 2.18. The fourth-order valence-corrected chi connectivity index (χ4v) is 3.66. The number of hydrogen-bond acceptors (Lipinski definition) is 4. The molecular formula is C21H23ClN4O3. The summed E-state index contributed by atoms with van der Waals surface area (Å²) in [5.41, 5.74) is 5.71. The maximum Gasteiger partial charge on any atom is 0.266 e. The van der Waals surface area contributed by atoms with Gasteiger partial charge in [-0.05, 0) is 35.1 Å². The molecule has 1 aromatic heterocycles. The molecule has 1 aliphatic rings. The first kappa shape index (κ1) is 20.9. The van der Waals surface area contributed by atoms with Gasteiger partial charge in [-0.25, -0.2) is 5.48 Å². The van der Waals surface area contributed by atoms with Crippen molar-refractivity contribution in [3.63, 3.8) is 0 Å². The Morgan fingerprint density at radius 2 is 1.83 bits per heavy atom. The van der Waals surface area contributed by atoms with Gasteiger partial charge in [0.25, 0.3) is 5.91 Å². The van der Waals surface area contributed by atoms with Crippen molar-refractivity contribution >= 4 is 35.1 Å². The second-order valence-corrected chi connectivity index (χ2v) is 7.03. The fraction of sp³-hybridized carbons (Fsp3) is 0.238. The SMILES string of the molecule is Cl.O=C(N[C@@H](Cc1cc2ccccc2[nH]1)C(=O)NO)[C@@H]1Cc2ccccc2CN1. The first-order chi connectivity index (χ1) is 13.6. The number of carbonyl (C=O) groups excluding carboxylic acids is 2. The topological polar surface area (TPSA) is 106 Å². The lowest BCUT2D eigenvalue weighted by Gasteiger charge is -2.27. The Kier molecular flexibility index (Phi) is 6.53. The number of rotatable bonds is 5. The third kappa shape index (κ3) is 4.59. The summed E-state index contributed by atoms with van der Waals surface area (Å²) in [4.78, 5) is 28.1. The number of halogens is 1. The molecule has 0 fully saturated rings. The molecule has 0 saturated carbocycles. The Hall–Kier alpha value is -2.87. The number of H-pyrrole nitrogens is 1. The molecular weight excluding hydrogens is 392 g/mol. The van der Waals surface area contributed by atoms with E-state index in [9.17, 15) is 9.59 Å². The number of amides is 2. The van der Waals surface area contributed by atoms with Gasteiger partial charge in [-0.1, -0.05) is 42.5 Å². The monoisotopic (exact) mass is 414 g/mol. The summed E-state index contributed by atoms with van der Waals surface area (Å²) >= 11 is 0. The molecule has 0 bridgehead atoms. The second kappa shape index (κ2) is 9.09. The van der Waals surface area contributed by atoms with Crippen molar-refractivity contribution in [2.45, 2.75) is 31.5 Å². The number of nitrogens with one attached hydrogen (secondary N) is 4. The van der Waals surface area contributed by atoms with E-state index in [0.717, 1.165) is 22.2 Å². The molecule has 29 heavy (non-hydrogen) atoms. The number of fused-ring (bicyclic) bond motifs is 2. The summed E-state index contributed by atoms with van der Waals surface area (Å²) in [6.07, 6.45) is 0.804. The van der Waals surface area contributed by atoms with Gasteiger partial charge in [-0.2, -0.15) is 0 Å². The predicted molar refractivity (Wildman–Crippen MR) is 112 cm³/mol. The Morgan fingerprint density at radius 1 is 1.10 bits per heavy atom. The second-order valence-electron chi connectivity index (χ2n) is 7.03. The molecule has 2 heterocycles. The van der Waals surface area contributed by atoms with E-state index >= 15 is 0 Å². The third-order valence-electron chi connectivity index (χ3n) is 5.15. The molecule has 1 aliphatic heterocycles. The molecule has 8 heteroatoms. The van der Waals surface area contributed by atoms with Gasteiger partial charge in [0.2, 0.25) is 5.91 Å². The van der Waals surface area contributed by atoms with E-state index in [1.165, 1.54) is 5.56 Å². The van der Waals surface area contributed by atoms with Crippen LogP contribution in [0.15, 0.2) is 54.6 Å². The number of benzene rings is 2. The van der Waals surface area contributed by atoms with Gasteiger partial charge in [0, 0.05) is 24.2 Å². The van der Waals surface area contributed by atoms with Crippen LogP contribution in [0.1, 0.15) is 16.8 Å². The van der Waals surface area contributed by atoms with Crippen molar-refractivity contribution in [2.24, 2.45) is 0 Å². The largest absolute Gasteiger partial charge is 0.358 e. The zero-order chi connectivity index (χ0) is 19.5. The van der Waals surface area contributed by atoms with Gasteiger partial charge < -0.3 is 15.6 Å². The highest BCUT2D eigenvalue weighted by molar-refractivity contribution is 5.90. The van der Waals surface area contributed by atoms with E-state index in [4.69, 9.17) is 5.21 Å². The van der Waals surface area contributed by atoms with Crippen LogP contribution < -0.4 is 16.1 Å². The van der Waals surface area contributed by atoms with Crippen LogP contribution in [0.2, 0.25) is 0 Å². The summed E-state index contributed by atoms with van der Waals surface area (Å²) in [7, 11) is 0. The van der Waals surface area contributed by atoms with Gasteiger partial charge in [0.15, 0.2) is 0 Å². The zero-order valence-corrected chi connectivity index (χ0v) is 16.5. The third-order valence-corrected chi connectivity index (χ3v) is 5.15. The van der Waals surface area contributed by atoms with Crippen LogP contribution in [-0.2, 0) is 29.0 Å². The zero-order valence-electron chi connectivity index (χ0n) is 15.6. The van der Waals surface area contributed by atoms with E-state index < -0.39 is 18.0 Å². The van der Waals surface area contributed by atoms with E-state index in [2.05, 4.69) is 15.6 Å². The average Bonchev–Trinajstić information content (AvgIpc) is 3.14. The van der Waals surface area contributed by atoms with Gasteiger partial charge in [0.05, 0.1) is 6.04 Å². The highest BCUT2D eigenvalue weighted by Gasteiger charge is 2.28. The first-order valence-corrected chi connectivity index (χ1v) is 9.25. The van der Waals surface area contributed by atoms with Crippen molar-refractivity contribution in [1.29, 1.82) is 0 Å². The van der Waals surface area contributed by atoms with Gasteiger partial charge >= 0.3 is 0 Å². The van der Waals surface area contributed by atoms with Crippen molar-refractivity contribution < 1.29 is 14.8 Å². The molecule has 2 atom stereocenters. The van der Waals surface area contributed by atoms with Gasteiger partial charge in [-0.15, -0.1) is 12.4 Å². The predicted octanol–water partition coefficient (Wildman–Crippen LogP) is 1.84. The van der Waals surface area contributed by atoms with E-state index in [0.29, 0.717) is 13.0 Å². The molecule has 5 N–H and O–H groups in total. The van der Waals surface area contributed by atoms with Crippen LogP contribution in [-0.4, -0.2) is 34.1 Å². The quantitative estimate of drug-likeness (QED) is 0.324. The van der Waals surface area contributed by atoms with Crippen molar-refractivity contribution in [3.05, 3.63) is 71.4 Å². The molecule has 0 radical (unpaired) electrons. The number of carbonyl (C=O) groups is 2. The van der Waals surface area contributed by atoms with E-state index in [1.54, 1.807) is 5.48 Å². The Bertz CT molecular complexity index is 987. The normalized spacial score (nSPS) is 16.4. The molecule has 4 rings (SSSR count). The Labute approximate surface area is 174 Å². The maximum absolute atomic E-state index is 12.8. The molecule has 0 saturated heterocycles. The van der Waals surface area contributed by atoms with Gasteiger partial charge in [-0.3, -0.25) is 14.8 Å². The molecule has 152 valence electrons. The summed E-state index contributed by atoms with van der Waals surface area (Å²) in [5, 5.41) is 16.1. The first-order valence-electron chi connectivity index (χ1n) is 9.25. The Balaban J connectivity index is 0.00000240. The average molecular weight is 415 g/mol. The van der Waals surface area contributed by atoms with Crippen LogP contribution in [0.5, 0.6) is 0 Å². The molecule has 3 aromatic rings. The number of hydrogen-bond donors (Lipinski definition) is 5. The summed E-state index contributed by atoms with van der Waals surface area (Å²) in [6, 6.07) is 16.4. The molecule has 0 aliphatic carbocycles. The number of para-hydroxylation sites is 1. The van der Waals surface area contributed by atoms with E-state index in [-0.39, 0.29) is 24.7 Å². The minimum Gasteiger partial charge on any atom is -0.358 e. The summed E-state index contributed by atoms with van der Waals surface area (Å²) < 4.78 is 0. The van der Waals surface area contributed by atoms with Crippen LogP contribution in [0.3, 0.4) is 0 Å². The van der Waals surface area contributed by atoms with Crippen LogP contribution in [0.4, 0.5) is 0 Å². The molecule has 2 amide bonds. The minimum atomic E-state index is -0.885. The van der Waals surface area contributed by atoms with Crippen LogP contribution >= 0.6 is 12.4 Å². The molecule has 7 nitrogen and oxygen atoms in total. The lowest BCUT2D eigenvalue weighted by Crippen LogP contribution is -2.54. The van der Waals surface area contributed by atoms with Crippen molar-refractivity contribution in [3.8, 4) is 0 Å². The lowest BCUT2D eigenvalue weighted by molar-refractivity contribution is -0.135. The minimum absolute atomic E-state index is 0. The van der Waals surface area contributed by atoms with Crippen molar-refractivity contribution in [1.82, 2.24) is 21.1 Å². The van der Waals surface area contributed by atoms with Gasteiger partial charge in [0.1, 0.15) is 6.04 Å². The van der Waals surface area contributed by atoms with E-state index in [1.807, 2.05) is 54.6 Å². The highest BCUT2D eigenvalue weighted by atomic mass is 35.5. The van der Waals surface area contributed by atoms with Crippen molar-refractivity contribution in [2.75, 3.05) is 0 Å². The molecule has 2 aromatic carbocycles. The molecule has 0 unspecified atom stereocenters. The number of aromatic amines is 1. The standard InChI is InChI=1S/C21H22N4O3.ClH/c26-20(18-10-13-5-1-2-7-15(13)12-22-18)24-19(21(27)25-28)11-16-9-14-6-3-4-8-17(14)23-16;/h1-9,18-19,22-23,28H,10-12H2,(H,24,26)(H,25,27);1H/t18-,19-;/m0./s1. The van der Waals surface area contributed by atoms with Crippen LogP contribution in [0.25, 0.3) is 10.9 Å².